The molecule has 0 saturated heterocycles. The van der Waals surface area contributed by atoms with Gasteiger partial charge in [-0.15, -0.1) is 11.3 Å². The lowest BCUT2D eigenvalue weighted by Crippen LogP contribution is -2.47. The minimum absolute atomic E-state index is 0.222. The van der Waals surface area contributed by atoms with Crippen molar-refractivity contribution in [3.8, 4) is 0 Å². The van der Waals surface area contributed by atoms with Crippen LogP contribution >= 0.6 is 11.3 Å². The van der Waals surface area contributed by atoms with Gasteiger partial charge in [0.15, 0.2) is 0 Å². The van der Waals surface area contributed by atoms with E-state index in [1.54, 1.807) is 20.8 Å². The Morgan fingerprint density at radius 3 is 2.16 bits per heavy atom. The van der Waals surface area contributed by atoms with Crippen molar-refractivity contribution < 1.29 is 13.2 Å². The van der Waals surface area contributed by atoms with Gasteiger partial charge in [0, 0.05) is 21.8 Å². The molecule has 2 atom stereocenters. The summed E-state index contributed by atoms with van der Waals surface area (Å²) >= 11 is 1.51. The van der Waals surface area contributed by atoms with Crippen molar-refractivity contribution in [1.29, 1.82) is 0 Å². The monoisotopic (exact) mass is 294 g/mol. The smallest absolute Gasteiger partial charge is 0.326 e. The van der Waals surface area contributed by atoms with E-state index >= 15 is 0 Å². The second-order valence-corrected chi connectivity index (χ2v) is 6.45. The SMILES string of the molecule is Cc1ccc(C(C(C)N)N(CC(F)(F)F)C(C)C)s1. The van der Waals surface area contributed by atoms with E-state index in [4.69, 9.17) is 5.73 Å². The maximum Gasteiger partial charge on any atom is 0.401 e. The van der Waals surface area contributed by atoms with Gasteiger partial charge >= 0.3 is 6.18 Å². The molecule has 0 amide bonds. The fraction of sp³-hybridized carbons (Fsp3) is 0.692. The van der Waals surface area contributed by atoms with Gasteiger partial charge in [0.1, 0.15) is 0 Å². The Labute approximate surface area is 116 Å². The first-order valence-corrected chi connectivity index (χ1v) is 7.08. The van der Waals surface area contributed by atoms with Crippen molar-refractivity contribution in [2.24, 2.45) is 5.73 Å². The summed E-state index contributed by atoms with van der Waals surface area (Å²) in [6.45, 7) is 6.29. The Balaban J connectivity index is 3.06. The lowest BCUT2D eigenvalue weighted by atomic mass is 10.0. The summed E-state index contributed by atoms with van der Waals surface area (Å²) in [5.74, 6) is 0. The van der Waals surface area contributed by atoms with Crippen LogP contribution in [0.1, 0.15) is 36.6 Å². The number of thiophene rings is 1. The zero-order chi connectivity index (χ0) is 14.8. The van der Waals surface area contributed by atoms with Gasteiger partial charge in [0.25, 0.3) is 0 Å². The molecule has 0 aliphatic carbocycles. The number of hydrogen-bond donors (Lipinski definition) is 1. The molecular weight excluding hydrogens is 273 g/mol. The number of aryl methyl sites for hydroxylation is 1. The molecule has 0 aliphatic rings. The summed E-state index contributed by atoms with van der Waals surface area (Å²) in [6.07, 6.45) is -4.22. The Morgan fingerprint density at radius 1 is 1.26 bits per heavy atom. The summed E-state index contributed by atoms with van der Waals surface area (Å²) in [7, 11) is 0. The molecule has 1 aromatic rings. The molecule has 0 fully saturated rings. The van der Waals surface area contributed by atoms with E-state index in [1.165, 1.54) is 16.2 Å². The minimum atomic E-state index is -4.22. The predicted octanol–water partition coefficient (Wildman–Crippen LogP) is 3.72. The van der Waals surface area contributed by atoms with E-state index in [1.807, 2.05) is 19.1 Å². The Bertz CT molecular complexity index is 399. The topological polar surface area (TPSA) is 29.3 Å². The van der Waals surface area contributed by atoms with Crippen molar-refractivity contribution in [2.45, 2.75) is 52.0 Å². The third-order valence-corrected chi connectivity index (χ3v) is 4.00. The zero-order valence-electron chi connectivity index (χ0n) is 11.7. The van der Waals surface area contributed by atoms with Gasteiger partial charge in [-0.2, -0.15) is 13.2 Å². The van der Waals surface area contributed by atoms with E-state index in [0.717, 1.165) is 9.75 Å². The van der Waals surface area contributed by atoms with Gasteiger partial charge in [-0.3, -0.25) is 4.90 Å². The van der Waals surface area contributed by atoms with Crippen molar-refractivity contribution >= 4 is 11.3 Å². The molecule has 110 valence electrons. The lowest BCUT2D eigenvalue weighted by Gasteiger charge is -2.37. The summed E-state index contributed by atoms with van der Waals surface area (Å²) in [5, 5.41) is 0. The van der Waals surface area contributed by atoms with E-state index in [-0.39, 0.29) is 12.1 Å². The fourth-order valence-corrected chi connectivity index (χ4v) is 3.26. The third-order valence-electron chi connectivity index (χ3n) is 2.93. The first-order chi connectivity index (χ1) is 8.61. The maximum absolute atomic E-state index is 12.7. The second kappa shape index (κ2) is 6.24. The van der Waals surface area contributed by atoms with Crippen LogP contribution < -0.4 is 5.73 Å². The molecule has 1 rings (SSSR count). The maximum atomic E-state index is 12.7. The van der Waals surface area contributed by atoms with E-state index < -0.39 is 18.8 Å². The normalized spacial score (nSPS) is 16.1. The van der Waals surface area contributed by atoms with Crippen molar-refractivity contribution in [1.82, 2.24) is 4.90 Å². The molecule has 0 spiro atoms. The van der Waals surface area contributed by atoms with E-state index in [2.05, 4.69) is 0 Å². The fourth-order valence-electron chi connectivity index (χ4n) is 2.15. The average molecular weight is 294 g/mol. The molecule has 0 aliphatic heterocycles. The van der Waals surface area contributed by atoms with E-state index in [0.29, 0.717) is 0 Å². The molecule has 19 heavy (non-hydrogen) atoms. The largest absolute Gasteiger partial charge is 0.401 e. The summed E-state index contributed by atoms with van der Waals surface area (Å²) < 4.78 is 38.2. The quantitative estimate of drug-likeness (QED) is 0.897. The van der Waals surface area contributed by atoms with Crippen molar-refractivity contribution in [3.63, 3.8) is 0 Å². The second-order valence-electron chi connectivity index (χ2n) is 5.13. The number of halogens is 3. The van der Waals surface area contributed by atoms with Crippen LogP contribution in [-0.2, 0) is 0 Å². The first kappa shape index (κ1) is 16.5. The molecule has 2 nitrogen and oxygen atoms in total. The molecule has 2 N–H and O–H groups in total. The highest BCUT2D eigenvalue weighted by molar-refractivity contribution is 7.12. The molecule has 0 aromatic carbocycles. The first-order valence-electron chi connectivity index (χ1n) is 6.26. The molecule has 0 radical (unpaired) electrons. The Kier molecular flexibility index (Phi) is 5.41. The molecule has 0 saturated carbocycles. The van der Waals surface area contributed by atoms with E-state index in [9.17, 15) is 13.2 Å². The molecular formula is C13H21F3N2S. The number of hydrogen-bond acceptors (Lipinski definition) is 3. The van der Waals surface area contributed by atoms with Gasteiger partial charge in [-0.05, 0) is 39.8 Å². The molecule has 0 bridgehead atoms. The Morgan fingerprint density at radius 2 is 1.84 bits per heavy atom. The summed E-state index contributed by atoms with van der Waals surface area (Å²) in [5.41, 5.74) is 5.93. The summed E-state index contributed by atoms with van der Waals surface area (Å²) in [6, 6.07) is 2.81. The number of alkyl halides is 3. The van der Waals surface area contributed by atoms with Crippen LogP contribution in [0.2, 0.25) is 0 Å². The molecule has 6 heteroatoms. The van der Waals surface area contributed by atoms with Crippen LogP contribution in [0.3, 0.4) is 0 Å². The van der Waals surface area contributed by atoms with Gasteiger partial charge in [0.2, 0.25) is 0 Å². The van der Waals surface area contributed by atoms with Crippen molar-refractivity contribution in [3.05, 3.63) is 21.9 Å². The van der Waals surface area contributed by atoms with Gasteiger partial charge in [-0.25, -0.2) is 0 Å². The standard InChI is InChI=1S/C13H21F3N2S/c1-8(2)18(7-13(14,15)16)12(10(4)17)11-6-5-9(3)19-11/h5-6,8,10,12H,7,17H2,1-4H3. The number of nitrogens with zero attached hydrogens (tertiary/aromatic N) is 1. The Hall–Kier alpha value is -0.590. The van der Waals surface area contributed by atoms with Crippen LogP contribution in [0.15, 0.2) is 12.1 Å². The van der Waals surface area contributed by atoms with Crippen LogP contribution in [0.5, 0.6) is 0 Å². The van der Waals surface area contributed by atoms with Crippen LogP contribution in [0.4, 0.5) is 13.2 Å². The molecule has 1 heterocycles. The van der Waals surface area contributed by atoms with Gasteiger partial charge < -0.3 is 5.73 Å². The minimum Gasteiger partial charge on any atom is -0.326 e. The highest BCUT2D eigenvalue weighted by Crippen LogP contribution is 2.33. The van der Waals surface area contributed by atoms with Gasteiger partial charge in [-0.1, -0.05) is 0 Å². The highest BCUT2D eigenvalue weighted by atomic mass is 32.1. The van der Waals surface area contributed by atoms with Gasteiger partial charge in [0.05, 0.1) is 12.6 Å². The summed E-state index contributed by atoms with van der Waals surface area (Å²) in [4.78, 5) is 3.40. The number of rotatable bonds is 5. The zero-order valence-corrected chi connectivity index (χ0v) is 12.5. The predicted molar refractivity (Wildman–Crippen MR) is 73.3 cm³/mol. The molecule has 2 unspecified atom stereocenters. The van der Waals surface area contributed by atoms with Crippen LogP contribution in [-0.4, -0.2) is 29.7 Å². The molecule has 1 aromatic heterocycles. The van der Waals surface area contributed by atoms with Crippen LogP contribution in [0, 0.1) is 6.92 Å². The number of nitrogens with two attached hydrogens (primary N) is 1. The third kappa shape index (κ3) is 4.78. The van der Waals surface area contributed by atoms with Crippen LogP contribution in [0.25, 0.3) is 0 Å². The highest BCUT2D eigenvalue weighted by Gasteiger charge is 2.37. The lowest BCUT2D eigenvalue weighted by molar-refractivity contribution is -0.156. The average Bonchev–Trinajstić information content (AvgIpc) is 2.61. The van der Waals surface area contributed by atoms with Crippen molar-refractivity contribution in [2.75, 3.05) is 6.54 Å².